The molecule has 0 aromatic carbocycles. The van der Waals surface area contributed by atoms with Gasteiger partial charge in [-0.3, -0.25) is 4.98 Å². The minimum atomic E-state index is -3.84. The van der Waals surface area contributed by atoms with Gasteiger partial charge in [0.1, 0.15) is 6.26 Å². The fourth-order valence-corrected chi connectivity index (χ4v) is 4.28. The molecular weight excluding hydrogens is 320 g/mol. The van der Waals surface area contributed by atoms with Gasteiger partial charge in [-0.1, -0.05) is 6.07 Å². The highest BCUT2D eigenvalue weighted by Crippen LogP contribution is 2.35. The first-order valence-electron chi connectivity index (χ1n) is 7.13. The molecule has 7 nitrogen and oxygen atoms in total. The zero-order valence-corrected chi connectivity index (χ0v) is 13.3. The molecule has 1 aliphatic rings. The number of hydrogen-bond donors (Lipinski definition) is 0. The second kappa shape index (κ2) is 6.13. The Balaban J connectivity index is 1.92. The van der Waals surface area contributed by atoms with E-state index in [1.165, 1.54) is 17.5 Å². The van der Waals surface area contributed by atoms with Crippen molar-refractivity contribution in [3.05, 3.63) is 48.0 Å². The van der Waals surface area contributed by atoms with Gasteiger partial charge in [-0.2, -0.15) is 4.31 Å². The molecule has 0 amide bonds. The van der Waals surface area contributed by atoms with E-state index in [1.807, 2.05) is 6.07 Å². The molecule has 2 aromatic heterocycles. The summed E-state index contributed by atoms with van der Waals surface area (Å²) in [6.07, 6.45) is 4.16. The van der Waals surface area contributed by atoms with Gasteiger partial charge in [-0.05, 0) is 25.0 Å². The highest BCUT2D eigenvalue weighted by atomic mass is 32.2. The summed E-state index contributed by atoms with van der Waals surface area (Å²) in [4.78, 5) is 15.7. The Labute approximate surface area is 133 Å². The van der Waals surface area contributed by atoms with E-state index in [2.05, 4.69) is 9.72 Å². The van der Waals surface area contributed by atoms with Crippen LogP contribution in [0, 0.1) is 0 Å². The summed E-state index contributed by atoms with van der Waals surface area (Å²) in [5.74, 6) is -0.641. The average Bonchev–Trinajstić information content (AvgIpc) is 3.24. The molecule has 0 saturated carbocycles. The molecule has 2 aromatic rings. The van der Waals surface area contributed by atoms with Crippen LogP contribution in [-0.2, 0) is 14.8 Å². The van der Waals surface area contributed by atoms with Crippen molar-refractivity contribution in [2.45, 2.75) is 24.0 Å². The Kier molecular flexibility index (Phi) is 4.18. The lowest BCUT2D eigenvalue weighted by Gasteiger charge is -2.22. The number of sulfonamides is 1. The van der Waals surface area contributed by atoms with E-state index >= 15 is 0 Å². The van der Waals surface area contributed by atoms with Crippen molar-refractivity contribution in [2.75, 3.05) is 13.7 Å². The van der Waals surface area contributed by atoms with Crippen molar-refractivity contribution in [2.24, 2.45) is 0 Å². The van der Waals surface area contributed by atoms with Crippen molar-refractivity contribution in [1.29, 1.82) is 0 Å². The highest BCUT2D eigenvalue weighted by Gasteiger charge is 2.38. The number of carbonyl (C=O) groups excluding carboxylic acids is 1. The maximum Gasteiger partial charge on any atom is 0.341 e. The van der Waals surface area contributed by atoms with Crippen LogP contribution >= 0.6 is 0 Å². The summed E-state index contributed by atoms with van der Waals surface area (Å²) in [5.41, 5.74) is 0.771. The van der Waals surface area contributed by atoms with Crippen LogP contribution < -0.4 is 0 Å². The highest BCUT2D eigenvalue weighted by molar-refractivity contribution is 7.89. The van der Waals surface area contributed by atoms with Crippen LogP contribution in [0.25, 0.3) is 0 Å². The van der Waals surface area contributed by atoms with Gasteiger partial charge < -0.3 is 9.15 Å². The van der Waals surface area contributed by atoms with Crippen molar-refractivity contribution in [3.63, 3.8) is 0 Å². The number of pyridine rings is 1. The Morgan fingerprint density at radius 2 is 2.26 bits per heavy atom. The van der Waals surface area contributed by atoms with Gasteiger partial charge in [0.2, 0.25) is 5.09 Å². The van der Waals surface area contributed by atoms with Gasteiger partial charge in [-0.25, -0.2) is 13.2 Å². The van der Waals surface area contributed by atoms with Crippen LogP contribution in [0.2, 0.25) is 0 Å². The molecule has 23 heavy (non-hydrogen) atoms. The number of furan rings is 1. The molecule has 8 heteroatoms. The van der Waals surface area contributed by atoms with Gasteiger partial charge in [0, 0.05) is 18.8 Å². The van der Waals surface area contributed by atoms with E-state index < -0.39 is 16.0 Å². The minimum Gasteiger partial charge on any atom is -0.465 e. The fourth-order valence-electron chi connectivity index (χ4n) is 2.69. The van der Waals surface area contributed by atoms with Crippen LogP contribution in [0.3, 0.4) is 0 Å². The van der Waals surface area contributed by atoms with Crippen molar-refractivity contribution in [3.8, 4) is 0 Å². The third kappa shape index (κ3) is 2.87. The van der Waals surface area contributed by atoms with Crippen molar-refractivity contribution < 1.29 is 22.4 Å². The quantitative estimate of drug-likeness (QED) is 0.793. The topological polar surface area (TPSA) is 89.7 Å². The molecule has 0 bridgehead atoms. The molecule has 3 heterocycles. The van der Waals surface area contributed by atoms with Crippen LogP contribution in [0.5, 0.6) is 0 Å². The summed E-state index contributed by atoms with van der Waals surface area (Å²) >= 11 is 0. The summed E-state index contributed by atoms with van der Waals surface area (Å²) in [7, 11) is -2.61. The van der Waals surface area contributed by atoms with Crippen LogP contribution in [-0.4, -0.2) is 37.3 Å². The fraction of sp³-hybridized carbons (Fsp3) is 0.333. The predicted octanol–water partition coefficient (Wildman–Crippen LogP) is 1.99. The van der Waals surface area contributed by atoms with Crippen molar-refractivity contribution in [1.82, 2.24) is 9.29 Å². The van der Waals surface area contributed by atoms with Crippen LogP contribution in [0.1, 0.15) is 34.9 Å². The Hall–Kier alpha value is -2.19. The van der Waals surface area contributed by atoms with Gasteiger partial charge in [0.05, 0.1) is 24.4 Å². The van der Waals surface area contributed by atoms with Gasteiger partial charge in [0.15, 0.2) is 0 Å². The number of carbonyl (C=O) groups is 1. The molecule has 0 radical (unpaired) electrons. The molecule has 122 valence electrons. The minimum absolute atomic E-state index is 0.0691. The molecular formula is C15H16N2O5S. The third-order valence-corrected chi connectivity index (χ3v) is 5.57. The molecule has 0 N–H and O–H groups in total. The van der Waals surface area contributed by atoms with E-state index in [9.17, 15) is 13.2 Å². The molecule has 0 spiro atoms. The summed E-state index contributed by atoms with van der Waals surface area (Å²) in [6.45, 7) is 0.387. The number of esters is 1. The van der Waals surface area contributed by atoms with Gasteiger partial charge >= 0.3 is 5.97 Å². The van der Waals surface area contributed by atoms with Gasteiger partial charge in [0.25, 0.3) is 10.0 Å². The Bertz CT molecular complexity index is 800. The maximum absolute atomic E-state index is 12.8. The molecule has 0 aliphatic carbocycles. The summed E-state index contributed by atoms with van der Waals surface area (Å²) < 4.78 is 36.6. The van der Waals surface area contributed by atoms with E-state index in [4.69, 9.17) is 4.42 Å². The lowest BCUT2D eigenvalue weighted by atomic mass is 10.1. The zero-order chi connectivity index (χ0) is 16.4. The van der Waals surface area contributed by atoms with Crippen LogP contribution in [0.4, 0.5) is 0 Å². The number of ether oxygens (including phenoxy) is 1. The summed E-state index contributed by atoms with van der Waals surface area (Å²) in [6, 6.07) is 6.28. The van der Waals surface area contributed by atoms with E-state index in [0.717, 1.165) is 12.7 Å². The lowest BCUT2D eigenvalue weighted by Crippen LogP contribution is -2.30. The number of methoxy groups -OCH3 is 1. The maximum atomic E-state index is 12.8. The van der Waals surface area contributed by atoms with Crippen molar-refractivity contribution >= 4 is 16.0 Å². The normalized spacial score (nSPS) is 18.9. The average molecular weight is 336 g/mol. The predicted molar refractivity (Wildman–Crippen MR) is 80.2 cm³/mol. The largest absolute Gasteiger partial charge is 0.465 e. The molecule has 1 saturated heterocycles. The van der Waals surface area contributed by atoms with Gasteiger partial charge in [-0.15, -0.1) is 0 Å². The SMILES string of the molecule is COC(=O)c1coc(S(=O)(=O)N2CCC[C@@H]2c2ccccn2)c1. The zero-order valence-electron chi connectivity index (χ0n) is 12.5. The smallest absolute Gasteiger partial charge is 0.341 e. The lowest BCUT2D eigenvalue weighted by molar-refractivity contribution is 0.0600. The molecule has 1 atom stereocenters. The Morgan fingerprint density at radius 3 is 2.96 bits per heavy atom. The van der Waals surface area contributed by atoms with E-state index in [-0.39, 0.29) is 16.7 Å². The van der Waals surface area contributed by atoms with E-state index in [1.54, 1.807) is 18.3 Å². The monoisotopic (exact) mass is 336 g/mol. The second-order valence-corrected chi connectivity index (χ2v) is 7.00. The Morgan fingerprint density at radius 1 is 1.43 bits per heavy atom. The van der Waals surface area contributed by atoms with Crippen LogP contribution in [0.15, 0.2) is 46.2 Å². The first-order chi connectivity index (χ1) is 11.0. The standard InChI is InChI=1S/C15H16N2O5S/c1-21-15(18)11-9-14(22-10-11)23(19,20)17-8-4-6-13(17)12-5-2-3-7-16-12/h2-3,5,7,9-10,13H,4,6,8H2,1H3/t13-/m1/s1. The molecule has 1 aliphatic heterocycles. The van der Waals surface area contributed by atoms with E-state index in [0.29, 0.717) is 18.7 Å². The number of hydrogen-bond acceptors (Lipinski definition) is 6. The molecule has 1 fully saturated rings. The molecule has 0 unspecified atom stereocenters. The first kappa shape index (κ1) is 15.7. The number of rotatable bonds is 4. The first-order valence-corrected chi connectivity index (χ1v) is 8.57. The molecule has 3 rings (SSSR count). The third-order valence-electron chi connectivity index (χ3n) is 3.79. The summed E-state index contributed by atoms with van der Waals surface area (Å²) in [5, 5.41) is -0.263. The number of aromatic nitrogens is 1. The number of nitrogens with zero attached hydrogens (tertiary/aromatic N) is 2. The second-order valence-electron chi connectivity index (χ2n) is 5.17.